The summed E-state index contributed by atoms with van der Waals surface area (Å²) in [7, 11) is 1.35. The molecule has 0 aromatic heterocycles. The molecule has 0 unspecified atom stereocenters. The quantitative estimate of drug-likeness (QED) is 0.424. The molecule has 142 valence electrons. The Morgan fingerprint density at radius 2 is 1.93 bits per heavy atom. The van der Waals surface area contributed by atoms with Crippen LogP contribution < -0.4 is 20.1 Å². The third-order valence-electron chi connectivity index (χ3n) is 3.45. The number of anilines is 1. The van der Waals surface area contributed by atoms with Crippen molar-refractivity contribution in [3.8, 4) is 11.5 Å². The number of benzene rings is 2. The minimum absolute atomic E-state index is 0.0192. The lowest BCUT2D eigenvalue weighted by Crippen LogP contribution is -2.34. The fraction of sp³-hybridized carbons (Fsp3) is 0.222. The Morgan fingerprint density at radius 1 is 1.22 bits per heavy atom. The van der Waals surface area contributed by atoms with Gasteiger partial charge < -0.3 is 14.8 Å². The van der Waals surface area contributed by atoms with Crippen LogP contribution in [0, 0.1) is 10.1 Å². The molecule has 8 nitrogen and oxygen atoms in total. The summed E-state index contributed by atoms with van der Waals surface area (Å²) in [6.45, 7) is 2.61. The van der Waals surface area contributed by atoms with E-state index in [1.54, 1.807) is 30.3 Å². The fourth-order valence-electron chi connectivity index (χ4n) is 2.17. The predicted molar refractivity (Wildman–Crippen MR) is 106 cm³/mol. The number of hydrogen-bond acceptors (Lipinski definition) is 6. The van der Waals surface area contributed by atoms with Crippen LogP contribution in [-0.2, 0) is 0 Å². The van der Waals surface area contributed by atoms with E-state index in [0.717, 1.165) is 6.42 Å². The molecule has 0 aliphatic heterocycles. The van der Waals surface area contributed by atoms with Gasteiger partial charge >= 0.3 is 5.69 Å². The van der Waals surface area contributed by atoms with Crippen LogP contribution in [0.4, 0.5) is 11.4 Å². The van der Waals surface area contributed by atoms with Gasteiger partial charge in [0.15, 0.2) is 10.9 Å². The van der Waals surface area contributed by atoms with Crippen molar-refractivity contribution in [3.63, 3.8) is 0 Å². The van der Waals surface area contributed by atoms with Crippen LogP contribution in [0.25, 0.3) is 0 Å². The van der Waals surface area contributed by atoms with Crippen molar-refractivity contribution >= 4 is 34.6 Å². The van der Waals surface area contributed by atoms with E-state index in [9.17, 15) is 14.9 Å². The number of carbonyl (C=O) groups is 1. The van der Waals surface area contributed by atoms with Gasteiger partial charge in [-0.2, -0.15) is 0 Å². The van der Waals surface area contributed by atoms with Gasteiger partial charge in [0.2, 0.25) is 0 Å². The van der Waals surface area contributed by atoms with Crippen LogP contribution in [0.5, 0.6) is 11.5 Å². The van der Waals surface area contributed by atoms with Crippen molar-refractivity contribution in [1.82, 2.24) is 5.32 Å². The zero-order valence-corrected chi connectivity index (χ0v) is 15.7. The molecular weight excluding hydrogens is 370 g/mol. The minimum atomic E-state index is -0.562. The highest BCUT2D eigenvalue weighted by molar-refractivity contribution is 7.80. The first-order chi connectivity index (χ1) is 12.9. The number of hydrogen-bond donors (Lipinski definition) is 2. The second-order valence-electron chi connectivity index (χ2n) is 5.42. The van der Waals surface area contributed by atoms with Crippen LogP contribution in [0.2, 0.25) is 0 Å². The lowest BCUT2D eigenvalue weighted by molar-refractivity contribution is -0.385. The number of nitro benzene ring substituents is 1. The Kier molecular flexibility index (Phi) is 7.07. The Morgan fingerprint density at radius 3 is 2.52 bits per heavy atom. The summed E-state index contributed by atoms with van der Waals surface area (Å²) in [5.41, 5.74) is 0.555. The highest BCUT2D eigenvalue weighted by Crippen LogP contribution is 2.29. The Labute approximate surface area is 161 Å². The molecule has 0 aliphatic rings. The fourth-order valence-corrected chi connectivity index (χ4v) is 2.38. The topological polar surface area (TPSA) is 103 Å². The molecule has 1 amide bonds. The lowest BCUT2D eigenvalue weighted by Gasteiger charge is -2.11. The summed E-state index contributed by atoms with van der Waals surface area (Å²) in [6, 6.07) is 10.9. The molecule has 2 aromatic carbocycles. The Balaban J connectivity index is 1.99. The summed E-state index contributed by atoms with van der Waals surface area (Å²) in [5, 5.41) is 16.3. The molecule has 0 spiro atoms. The van der Waals surface area contributed by atoms with Crippen LogP contribution in [0.15, 0.2) is 42.5 Å². The number of nitro groups is 1. The average molecular weight is 389 g/mol. The van der Waals surface area contributed by atoms with E-state index in [4.69, 9.17) is 21.7 Å². The normalized spacial score (nSPS) is 10.0. The Bertz CT molecular complexity index is 839. The number of carbonyl (C=O) groups excluding carboxylic acids is 1. The highest BCUT2D eigenvalue weighted by Gasteiger charge is 2.16. The van der Waals surface area contributed by atoms with Crippen molar-refractivity contribution in [2.45, 2.75) is 13.3 Å². The van der Waals surface area contributed by atoms with Crippen molar-refractivity contribution in [2.24, 2.45) is 0 Å². The minimum Gasteiger partial charge on any atom is -0.494 e. The summed E-state index contributed by atoms with van der Waals surface area (Å²) in [5.74, 6) is 0.406. The van der Waals surface area contributed by atoms with Crippen molar-refractivity contribution in [1.29, 1.82) is 0 Å². The van der Waals surface area contributed by atoms with Gasteiger partial charge in [0.25, 0.3) is 5.91 Å². The monoisotopic (exact) mass is 389 g/mol. The van der Waals surface area contributed by atoms with Gasteiger partial charge in [0, 0.05) is 17.3 Å². The average Bonchev–Trinajstić information content (AvgIpc) is 2.66. The molecule has 2 aromatic rings. The molecule has 2 rings (SSSR count). The number of thiocarbonyl (C=S) groups is 1. The predicted octanol–water partition coefficient (Wildman–Crippen LogP) is 3.52. The van der Waals surface area contributed by atoms with Crippen LogP contribution in [0.3, 0.4) is 0 Å². The largest absolute Gasteiger partial charge is 0.494 e. The molecule has 0 aliphatic carbocycles. The second-order valence-corrected chi connectivity index (χ2v) is 5.83. The number of amides is 1. The number of nitrogens with one attached hydrogen (secondary N) is 2. The van der Waals surface area contributed by atoms with Gasteiger partial charge in [-0.25, -0.2) is 0 Å². The summed E-state index contributed by atoms with van der Waals surface area (Å²) in [6.07, 6.45) is 0.895. The molecule has 0 atom stereocenters. The highest BCUT2D eigenvalue weighted by atomic mass is 32.1. The third kappa shape index (κ3) is 5.65. The van der Waals surface area contributed by atoms with Crippen LogP contribution in [0.1, 0.15) is 23.7 Å². The molecule has 0 saturated carbocycles. The molecule has 0 radical (unpaired) electrons. The van der Waals surface area contributed by atoms with Gasteiger partial charge in [-0.1, -0.05) is 6.92 Å². The van der Waals surface area contributed by atoms with E-state index in [-0.39, 0.29) is 16.5 Å². The van der Waals surface area contributed by atoms with Gasteiger partial charge in [0.1, 0.15) is 5.75 Å². The molecule has 0 fully saturated rings. The van der Waals surface area contributed by atoms with E-state index >= 15 is 0 Å². The van der Waals surface area contributed by atoms with Gasteiger partial charge in [-0.05, 0) is 55.0 Å². The zero-order valence-electron chi connectivity index (χ0n) is 14.9. The van der Waals surface area contributed by atoms with Crippen molar-refractivity contribution in [3.05, 3.63) is 58.1 Å². The zero-order chi connectivity index (χ0) is 19.8. The third-order valence-corrected chi connectivity index (χ3v) is 3.65. The molecule has 27 heavy (non-hydrogen) atoms. The van der Waals surface area contributed by atoms with E-state index < -0.39 is 10.8 Å². The molecule has 2 N–H and O–H groups in total. The molecular formula is C18H19N3O5S. The molecule has 0 saturated heterocycles. The number of rotatable bonds is 7. The van der Waals surface area contributed by atoms with Crippen LogP contribution in [-0.4, -0.2) is 29.7 Å². The van der Waals surface area contributed by atoms with E-state index in [1.807, 2.05) is 6.92 Å². The van der Waals surface area contributed by atoms with Crippen LogP contribution >= 0.6 is 12.2 Å². The molecule has 0 bridgehead atoms. The lowest BCUT2D eigenvalue weighted by atomic mass is 10.2. The van der Waals surface area contributed by atoms with E-state index in [1.165, 1.54) is 19.2 Å². The van der Waals surface area contributed by atoms with Crippen molar-refractivity contribution < 1.29 is 19.2 Å². The summed E-state index contributed by atoms with van der Waals surface area (Å²) < 4.78 is 10.4. The first-order valence-electron chi connectivity index (χ1n) is 8.12. The first kappa shape index (κ1) is 20.1. The smallest absolute Gasteiger partial charge is 0.312 e. The second kappa shape index (κ2) is 9.48. The summed E-state index contributed by atoms with van der Waals surface area (Å²) >= 11 is 5.10. The maximum absolute atomic E-state index is 12.2. The SMILES string of the molecule is CCCOc1ccc(C(=O)NC(=S)Nc2ccc(OC)c([N+](=O)[O-])c2)cc1. The summed E-state index contributed by atoms with van der Waals surface area (Å²) in [4.78, 5) is 22.7. The number of methoxy groups -OCH3 is 1. The Hall–Kier alpha value is -3.20. The standard InChI is InChI=1S/C18H19N3O5S/c1-3-10-26-14-7-4-12(5-8-14)17(22)20-18(27)19-13-6-9-16(25-2)15(11-13)21(23)24/h4-9,11H,3,10H2,1-2H3,(H2,19,20,22,27). The maximum Gasteiger partial charge on any atom is 0.312 e. The number of ether oxygens (including phenoxy) is 2. The first-order valence-corrected chi connectivity index (χ1v) is 8.53. The van der Waals surface area contributed by atoms with Gasteiger partial charge in [-0.15, -0.1) is 0 Å². The van der Waals surface area contributed by atoms with E-state index in [0.29, 0.717) is 23.6 Å². The van der Waals surface area contributed by atoms with E-state index in [2.05, 4.69) is 10.6 Å². The molecule has 0 heterocycles. The molecule has 9 heteroatoms. The van der Waals surface area contributed by atoms with Gasteiger partial charge in [-0.3, -0.25) is 20.2 Å². The van der Waals surface area contributed by atoms with Gasteiger partial charge in [0.05, 0.1) is 18.6 Å². The van der Waals surface area contributed by atoms with Crippen molar-refractivity contribution in [2.75, 3.05) is 19.0 Å². The maximum atomic E-state index is 12.2. The number of nitrogens with zero attached hydrogens (tertiary/aromatic N) is 1.